The minimum atomic E-state index is -3.57. The normalized spacial score (nSPS) is 20.8. The lowest BCUT2D eigenvalue weighted by atomic mass is 9.98. The highest BCUT2D eigenvalue weighted by atomic mass is 35.5. The number of anilines is 2. The van der Waals surface area contributed by atoms with Crippen molar-refractivity contribution < 1.29 is 13.2 Å². The van der Waals surface area contributed by atoms with Crippen LogP contribution in [0.5, 0.6) is 0 Å². The Morgan fingerprint density at radius 3 is 2.69 bits per heavy atom. The number of sulfonamides is 1. The van der Waals surface area contributed by atoms with Gasteiger partial charge in [0.2, 0.25) is 10.0 Å². The van der Waals surface area contributed by atoms with Gasteiger partial charge in [-0.3, -0.25) is 9.52 Å². The molecule has 0 bridgehead atoms. The highest BCUT2D eigenvalue weighted by Gasteiger charge is 2.32. The summed E-state index contributed by atoms with van der Waals surface area (Å²) in [5, 5.41) is 5.17. The van der Waals surface area contributed by atoms with Crippen molar-refractivity contribution in [2.24, 2.45) is 5.92 Å². The third-order valence-corrected chi connectivity index (χ3v) is 7.79. The lowest BCUT2D eigenvalue weighted by Gasteiger charge is -2.35. The zero-order chi connectivity index (χ0) is 25.6. The molecule has 1 amide bonds. The van der Waals surface area contributed by atoms with E-state index in [0.29, 0.717) is 17.5 Å². The van der Waals surface area contributed by atoms with Gasteiger partial charge in [0.1, 0.15) is 5.82 Å². The van der Waals surface area contributed by atoms with Crippen LogP contribution in [0.2, 0.25) is 5.02 Å². The summed E-state index contributed by atoms with van der Waals surface area (Å²) in [5.41, 5.74) is 3.04. The van der Waals surface area contributed by atoms with Crippen LogP contribution >= 0.6 is 11.6 Å². The molecule has 0 unspecified atom stereocenters. The maximum absolute atomic E-state index is 13.7. The quantitative estimate of drug-likeness (QED) is 0.528. The first-order chi connectivity index (χ1) is 17.1. The summed E-state index contributed by atoms with van der Waals surface area (Å²) in [7, 11) is -3.57. The molecule has 0 saturated carbocycles. The first-order valence-electron chi connectivity index (χ1n) is 12.3. The van der Waals surface area contributed by atoms with Crippen molar-refractivity contribution in [3.8, 4) is 0 Å². The van der Waals surface area contributed by atoms with E-state index in [1.165, 1.54) is 12.1 Å². The molecule has 192 valence electrons. The Hall–Kier alpha value is -2.85. The summed E-state index contributed by atoms with van der Waals surface area (Å²) in [6.45, 7) is 6.86. The fraction of sp³-hybridized carbons (Fsp3) is 0.480. The first kappa shape index (κ1) is 24.8. The number of likely N-dealkylation sites (tertiary alicyclic amines) is 1. The van der Waals surface area contributed by atoms with Crippen molar-refractivity contribution in [3.63, 3.8) is 0 Å². The summed E-state index contributed by atoms with van der Waals surface area (Å²) < 4.78 is 28.0. The number of nitrogens with zero attached hydrogens (tertiary/aromatic N) is 5. The lowest BCUT2D eigenvalue weighted by Crippen LogP contribution is -2.39. The number of benzene rings is 1. The lowest BCUT2D eigenvalue weighted by molar-refractivity contribution is 0.0607. The molecule has 9 nitrogen and oxygen atoms in total. The van der Waals surface area contributed by atoms with E-state index in [1.54, 1.807) is 15.5 Å². The number of carbonyl (C=O) groups is 1. The monoisotopic (exact) mass is 530 g/mol. The molecule has 0 spiro atoms. The SMILES string of the molecule is Cc1cn2nc([C@@H]3CCCCN3C(=O)c3cc(Cl)ccc3NS(C)(=O)=O)cc2nc1N1CC[C@@H](C)C1. The molecular formula is C25H31ClN6O3S. The minimum absolute atomic E-state index is 0.216. The van der Waals surface area contributed by atoms with Crippen molar-refractivity contribution in [2.45, 2.75) is 45.6 Å². The Morgan fingerprint density at radius 2 is 1.97 bits per heavy atom. The number of hydrogen-bond donors (Lipinski definition) is 1. The molecule has 4 heterocycles. The second-order valence-corrected chi connectivity index (χ2v) is 12.2. The molecule has 2 saturated heterocycles. The number of hydrogen-bond acceptors (Lipinski definition) is 6. The minimum Gasteiger partial charge on any atom is -0.356 e. The van der Waals surface area contributed by atoms with E-state index in [-0.39, 0.29) is 23.2 Å². The van der Waals surface area contributed by atoms with Gasteiger partial charge in [0, 0.05) is 42.5 Å². The Kier molecular flexibility index (Phi) is 6.59. The van der Waals surface area contributed by atoms with Gasteiger partial charge in [-0.15, -0.1) is 0 Å². The molecule has 11 heteroatoms. The van der Waals surface area contributed by atoms with Crippen molar-refractivity contribution >= 4 is 44.7 Å². The second-order valence-electron chi connectivity index (χ2n) is 10.0. The molecule has 2 aliphatic rings. The number of piperidine rings is 1. The number of halogens is 1. The number of rotatable bonds is 5. The Labute approximate surface area is 216 Å². The van der Waals surface area contributed by atoms with Gasteiger partial charge in [0.05, 0.1) is 29.2 Å². The third kappa shape index (κ3) is 5.01. The fourth-order valence-electron chi connectivity index (χ4n) is 5.25. The largest absolute Gasteiger partial charge is 0.356 e. The molecule has 2 aromatic heterocycles. The van der Waals surface area contributed by atoms with E-state index in [2.05, 4.69) is 23.5 Å². The molecule has 1 aromatic carbocycles. The topological polar surface area (TPSA) is 99.9 Å². The molecule has 2 aliphatic heterocycles. The molecule has 36 heavy (non-hydrogen) atoms. The summed E-state index contributed by atoms with van der Waals surface area (Å²) in [6, 6.07) is 6.32. The first-order valence-corrected chi connectivity index (χ1v) is 14.6. The van der Waals surface area contributed by atoms with Gasteiger partial charge in [-0.25, -0.2) is 17.9 Å². The van der Waals surface area contributed by atoms with Gasteiger partial charge in [0.25, 0.3) is 5.91 Å². The van der Waals surface area contributed by atoms with Crippen LogP contribution in [0.1, 0.15) is 60.3 Å². The van der Waals surface area contributed by atoms with E-state index in [4.69, 9.17) is 21.7 Å². The van der Waals surface area contributed by atoms with Gasteiger partial charge in [-0.1, -0.05) is 18.5 Å². The van der Waals surface area contributed by atoms with Crippen molar-refractivity contribution in [3.05, 3.63) is 52.3 Å². The van der Waals surface area contributed by atoms with Crippen LogP contribution in [0, 0.1) is 12.8 Å². The Morgan fingerprint density at radius 1 is 1.17 bits per heavy atom. The highest BCUT2D eigenvalue weighted by Crippen LogP contribution is 2.34. The number of fused-ring (bicyclic) bond motifs is 1. The predicted octanol–water partition coefficient (Wildman–Crippen LogP) is 4.28. The maximum Gasteiger partial charge on any atom is 0.256 e. The van der Waals surface area contributed by atoms with E-state index in [9.17, 15) is 13.2 Å². The standard InChI is InChI=1S/C25H31ClN6O3S/c1-16-9-11-30(14-16)24-17(2)15-32-23(27-24)13-21(28-32)22-6-4-5-10-31(22)25(33)19-12-18(26)7-8-20(19)29-36(3,34)35/h7-8,12-13,15-16,22,29H,4-6,9-11,14H2,1-3H3/t16-,22+/m1/s1. The molecule has 2 atom stereocenters. The number of amides is 1. The van der Waals surface area contributed by atoms with E-state index in [1.807, 2.05) is 12.3 Å². The predicted molar refractivity (Wildman–Crippen MR) is 141 cm³/mol. The maximum atomic E-state index is 13.7. The molecular weight excluding hydrogens is 500 g/mol. The Bertz CT molecular complexity index is 1420. The van der Waals surface area contributed by atoms with Crippen LogP contribution in [-0.4, -0.2) is 59.7 Å². The fourth-order valence-corrected chi connectivity index (χ4v) is 6.00. The summed E-state index contributed by atoms with van der Waals surface area (Å²) in [4.78, 5) is 22.8. The third-order valence-electron chi connectivity index (χ3n) is 6.96. The molecule has 0 aliphatic carbocycles. The van der Waals surface area contributed by atoms with Gasteiger partial charge in [-0.05, 0) is 56.7 Å². The zero-order valence-corrected chi connectivity index (χ0v) is 22.3. The van der Waals surface area contributed by atoms with Crippen LogP contribution in [0.25, 0.3) is 5.65 Å². The number of carbonyl (C=O) groups excluding carboxylic acids is 1. The van der Waals surface area contributed by atoms with Crippen molar-refractivity contribution in [1.82, 2.24) is 19.5 Å². The van der Waals surface area contributed by atoms with Gasteiger partial charge < -0.3 is 9.80 Å². The summed E-state index contributed by atoms with van der Waals surface area (Å²) in [5.74, 6) is 1.37. The van der Waals surface area contributed by atoms with Crippen LogP contribution < -0.4 is 9.62 Å². The van der Waals surface area contributed by atoms with Gasteiger partial charge in [-0.2, -0.15) is 5.10 Å². The average molecular weight is 531 g/mol. The average Bonchev–Trinajstić information content (AvgIpc) is 3.44. The van der Waals surface area contributed by atoms with Crippen LogP contribution in [0.4, 0.5) is 11.5 Å². The smallest absolute Gasteiger partial charge is 0.256 e. The summed E-state index contributed by atoms with van der Waals surface area (Å²) in [6.07, 6.45) is 6.82. The summed E-state index contributed by atoms with van der Waals surface area (Å²) >= 11 is 6.19. The Balaban J connectivity index is 1.49. The molecule has 0 radical (unpaired) electrons. The number of nitrogens with one attached hydrogen (secondary N) is 1. The van der Waals surface area contributed by atoms with Gasteiger partial charge in [0.15, 0.2) is 5.65 Å². The molecule has 1 N–H and O–H groups in total. The van der Waals surface area contributed by atoms with E-state index >= 15 is 0 Å². The number of aryl methyl sites for hydroxylation is 1. The highest BCUT2D eigenvalue weighted by molar-refractivity contribution is 7.92. The van der Waals surface area contributed by atoms with Crippen molar-refractivity contribution in [1.29, 1.82) is 0 Å². The van der Waals surface area contributed by atoms with Crippen LogP contribution in [0.15, 0.2) is 30.5 Å². The van der Waals surface area contributed by atoms with Crippen molar-refractivity contribution in [2.75, 3.05) is 35.5 Å². The molecule has 2 fully saturated rings. The second kappa shape index (κ2) is 9.55. The van der Waals surface area contributed by atoms with E-state index in [0.717, 1.165) is 67.8 Å². The molecule has 3 aromatic rings. The van der Waals surface area contributed by atoms with E-state index < -0.39 is 10.0 Å². The molecule has 5 rings (SSSR count). The van der Waals surface area contributed by atoms with Gasteiger partial charge >= 0.3 is 0 Å². The van der Waals surface area contributed by atoms with Crippen LogP contribution in [0.3, 0.4) is 0 Å². The number of aromatic nitrogens is 3. The zero-order valence-electron chi connectivity index (χ0n) is 20.7. The van der Waals surface area contributed by atoms with Crippen LogP contribution in [-0.2, 0) is 10.0 Å².